The summed E-state index contributed by atoms with van der Waals surface area (Å²) >= 11 is 0. The Morgan fingerprint density at radius 1 is 0.340 bits per heavy atom. The summed E-state index contributed by atoms with van der Waals surface area (Å²) < 4.78 is 18.0. The summed E-state index contributed by atoms with van der Waals surface area (Å²) in [5.74, 6) is 0. The topological polar surface area (TPSA) is 38.3 Å². The third kappa shape index (κ3) is 3.46. The summed E-state index contributed by atoms with van der Waals surface area (Å²) in [4.78, 5) is 2.35. The van der Waals surface area contributed by atoms with Crippen molar-refractivity contribution in [1.29, 1.82) is 0 Å². The van der Waals surface area contributed by atoms with E-state index < -0.39 is 0 Å². The summed E-state index contributed by atoms with van der Waals surface area (Å²) in [7, 11) is 0. The van der Waals surface area contributed by atoms with E-state index in [0.717, 1.165) is 72.0 Å². The Kier molecular flexibility index (Phi) is 5.06. The van der Waals surface area contributed by atoms with Crippen LogP contribution in [0.3, 0.4) is 0 Å². The Hall–Kier alpha value is -7.24. The highest BCUT2D eigenvalue weighted by Crippen LogP contribution is 2.46. The molecule has 0 unspecified atom stereocenters. The molecule has 0 N–H and O–H groups in total. The van der Waals surface area contributed by atoms with E-state index in [0.29, 0.717) is 0 Å². The van der Waals surface area contributed by atoms with E-state index in [4.69, 9.17) is 8.83 Å². The van der Waals surface area contributed by atoms with Crippen LogP contribution < -0.4 is 4.90 Å². The first-order chi connectivity index (χ1) is 26.3. The van der Waals surface area contributed by atoms with Gasteiger partial charge in [0.25, 0.3) is 0 Å². The number of nitrogens with zero attached hydrogens (tertiary/aromatic N) is 3. The molecule has 0 saturated heterocycles. The molecule has 0 atom stereocenters. The molecule has 5 heteroatoms. The van der Waals surface area contributed by atoms with Crippen molar-refractivity contribution in [2.45, 2.75) is 0 Å². The van der Waals surface area contributed by atoms with E-state index in [1.807, 2.05) is 24.3 Å². The number of fused-ring (bicyclic) bond motifs is 15. The molecule has 0 radical (unpaired) electrons. The molecule has 5 heterocycles. The van der Waals surface area contributed by atoms with Crippen LogP contribution in [-0.2, 0) is 0 Å². The maximum Gasteiger partial charge on any atom is 0.159 e. The Morgan fingerprint density at radius 2 is 0.887 bits per heavy atom. The van der Waals surface area contributed by atoms with Crippen LogP contribution in [0.2, 0.25) is 0 Å². The minimum atomic E-state index is 0.848. The fraction of sp³-hybridized carbons (Fsp3) is 0. The number of rotatable bonds is 3. The average Bonchev–Trinajstić information content (AvgIpc) is 3.96. The molecule has 0 aliphatic rings. The van der Waals surface area contributed by atoms with Gasteiger partial charge in [-0.25, -0.2) is 0 Å². The normalized spacial score (nSPS) is 12.5. The van der Waals surface area contributed by atoms with E-state index in [-0.39, 0.29) is 0 Å². The SMILES string of the molecule is c1ccc2c(c1)oc1ccc(N(c3ccc4c(c3)n3c5ccccc5c5ccc6c7ccccc7n4c6c53)c3cccc4c3oc3ccccc34)cc12. The summed E-state index contributed by atoms with van der Waals surface area (Å²) in [6.07, 6.45) is 0. The van der Waals surface area contributed by atoms with Crippen LogP contribution in [0.1, 0.15) is 0 Å². The lowest BCUT2D eigenvalue weighted by Gasteiger charge is -2.26. The molecule has 0 bridgehead atoms. The van der Waals surface area contributed by atoms with Gasteiger partial charge in [-0.05, 0) is 66.7 Å². The molecule has 0 aliphatic heterocycles. The predicted molar refractivity (Wildman–Crippen MR) is 219 cm³/mol. The Morgan fingerprint density at radius 3 is 1.62 bits per heavy atom. The standard InChI is InChI=1S/C48H27N3O2/c1-5-15-38-30(10-1)34-22-23-35-31-11-2-6-16-39(31)51-42-27-29(20-24-40(42)50(38)46(34)47(35)51)49(28-21-25-45-37(26-28)33-13-4-7-18-43(33)52-45)41-17-9-14-36-32-12-3-8-19-44(32)53-48(36)41/h1-27H. The molecule has 5 aromatic heterocycles. The fourth-order valence-electron chi connectivity index (χ4n) is 9.21. The second-order valence-corrected chi connectivity index (χ2v) is 14.1. The van der Waals surface area contributed by atoms with Crippen LogP contribution in [0.25, 0.3) is 98.5 Å². The molecule has 0 amide bonds. The maximum atomic E-state index is 6.71. The highest BCUT2D eigenvalue weighted by atomic mass is 16.3. The van der Waals surface area contributed by atoms with Gasteiger partial charge < -0.3 is 22.5 Å². The maximum absolute atomic E-state index is 6.71. The fourth-order valence-corrected chi connectivity index (χ4v) is 9.21. The molecule has 0 spiro atoms. The lowest BCUT2D eigenvalue weighted by atomic mass is 10.1. The monoisotopic (exact) mass is 677 g/mol. The third-order valence-electron chi connectivity index (χ3n) is 11.4. The van der Waals surface area contributed by atoms with Gasteiger partial charge in [-0.15, -0.1) is 0 Å². The van der Waals surface area contributed by atoms with Crippen molar-refractivity contribution in [2.75, 3.05) is 4.90 Å². The van der Waals surface area contributed by atoms with Gasteiger partial charge in [-0.3, -0.25) is 0 Å². The van der Waals surface area contributed by atoms with Crippen molar-refractivity contribution in [1.82, 2.24) is 8.80 Å². The molecule has 246 valence electrons. The number of anilines is 3. The number of furan rings is 2. The van der Waals surface area contributed by atoms with Gasteiger partial charge in [-0.2, -0.15) is 0 Å². The van der Waals surface area contributed by atoms with E-state index in [1.54, 1.807) is 0 Å². The van der Waals surface area contributed by atoms with Crippen LogP contribution in [0.4, 0.5) is 17.1 Å². The molecule has 0 fully saturated rings. The summed E-state index contributed by atoms with van der Waals surface area (Å²) in [5, 5.41) is 9.40. The second-order valence-electron chi connectivity index (χ2n) is 14.1. The molecule has 5 nitrogen and oxygen atoms in total. The molecule has 13 aromatic rings. The van der Waals surface area contributed by atoms with Gasteiger partial charge in [0, 0.05) is 54.5 Å². The highest BCUT2D eigenvalue weighted by Gasteiger charge is 2.25. The van der Waals surface area contributed by atoms with Crippen molar-refractivity contribution in [3.05, 3.63) is 164 Å². The molecular formula is C48H27N3O2. The largest absolute Gasteiger partial charge is 0.456 e. The number of para-hydroxylation sites is 5. The zero-order valence-electron chi connectivity index (χ0n) is 28.2. The molecule has 53 heavy (non-hydrogen) atoms. The van der Waals surface area contributed by atoms with Gasteiger partial charge in [0.2, 0.25) is 0 Å². The summed E-state index contributed by atoms with van der Waals surface area (Å²) in [5.41, 5.74) is 13.7. The lowest BCUT2D eigenvalue weighted by molar-refractivity contribution is 0.669. The molecule has 0 saturated carbocycles. The zero-order chi connectivity index (χ0) is 34.4. The first kappa shape index (κ1) is 27.5. The van der Waals surface area contributed by atoms with Gasteiger partial charge >= 0.3 is 0 Å². The quantitative estimate of drug-likeness (QED) is 0.175. The van der Waals surface area contributed by atoms with Gasteiger partial charge in [0.05, 0.1) is 38.8 Å². The average molecular weight is 678 g/mol. The van der Waals surface area contributed by atoms with Gasteiger partial charge in [0.15, 0.2) is 5.58 Å². The van der Waals surface area contributed by atoms with Crippen molar-refractivity contribution in [3.8, 4) is 0 Å². The van der Waals surface area contributed by atoms with E-state index in [2.05, 4.69) is 153 Å². The van der Waals surface area contributed by atoms with Gasteiger partial charge in [-0.1, -0.05) is 97.1 Å². The Labute approximate surface area is 301 Å². The Bertz CT molecular complexity index is 3650. The molecule has 13 rings (SSSR count). The predicted octanol–water partition coefficient (Wildman–Crippen LogP) is 13.5. The van der Waals surface area contributed by atoms with Crippen molar-refractivity contribution in [2.24, 2.45) is 0 Å². The smallest absolute Gasteiger partial charge is 0.159 e. The van der Waals surface area contributed by atoms with Gasteiger partial charge in [0.1, 0.15) is 16.7 Å². The summed E-state index contributed by atoms with van der Waals surface area (Å²) in [6, 6.07) is 58.6. The second kappa shape index (κ2) is 9.75. The highest BCUT2D eigenvalue weighted by molar-refractivity contribution is 6.25. The number of hydrogen-bond acceptors (Lipinski definition) is 3. The minimum Gasteiger partial charge on any atom is -0.456 e. The lowest BCUT2D eigenvalue weighted by Crippen LogP contribution is -2.11. The van der Waals surface area contributed by atoms with Crippen LogP contribution in [0, 0.1) is 0 Å². The first-order valence-electron chi connectivity index (χ1n) is 18.0. The molecule has 0 aliphatic carbocycles. The van der Waals surface area contributed by atoms with Crippen molar-refractivity contribution >= 4 is 116 Å². The van der Waals surface area contributed by atoms with Crippen molar-refractivity contribution < 1.29 is 8.83 Å². The summed E-state index contributed by atoms with van der Waals surface area (Å²) in [6.45, 7) is 0. The van der Waals surface area contributed by atoms with Crippen LogP contribution in [0.5, 0.6) is 0 Å². The number of hydrogen-bond donors (Lipinski definition) is 0. The van der Waals surface area contributed by atoms with Crippen molar-refractivity contribution in [3.63, 3.8) is 0 Å². The van der Waals surface area contributed by atoms with Crippen LogP contribution >= 0.6 is 0 Å². The molecular weight excluding hydrogens is 651 g/mol. The Balaban J connectivity index is 1.18. The van der Waals surface area contributed by atoms with Crippen LogP contribution in [-0.4, -0.2) is 8.80 Å². The molecule has 8 aromatic carbocycles. The van der Waals surface area contributed by atoms with E-state index in [1.165, 1.54) is 43.6 Å². The van der Waals surface area contributed by atoms with E-state index >= 15 is 0 Å². The van der Waals surface area contributed by atoms with E-state index in [9.17, 15) is 0 Å². The minimum absolute atomic E-state index is 0.848. The number of aromatic nitrogens is 2. The number of benzene rings is 8. The zero-order valence-corrected chi connectivity index (χ0v) is 28.2. The third-order valence-corrected chi connectivity index (χ3v) is 11.4. The first-order valence-corrected chi connectivity index (χ1v) is 18.0. The van der Waals surface area contributed by atoms with Crippen LogP contribution in [0.15, 0.2) is 173 Å².